The second-order valence-electron chi connectivity index (χ2n) is 5.50. The zero-order chi connectivity index (χ0) is 14.8. The lowest BCUT2D eigenvalue weighted by atomic mass is 9.76. The van der Waals surface area contributed by atoms with Crippen molar-refractivity contribution in [2.24, 2.45) is 5.84 Å². The smallest absolute Gasteiger partial charge is 0.0727 e. The molecular weight excluding hydrogens is 303 g/mol. The van der Waals surface area contributed by atoms with Gasteiger partial charge in [-0.1, -0.05) is 66.0 Å². The molecule has 0 amide bonds. The van der Waals surface area contributed by atoms with Crippen molar-refractivity contribution in [3.8, 4) is 0 Å². The molecule has 0 saturated heterocycles. The minimum absolute atomic E-state index is 0.145. The van der Waals surface area contributed by atoms with Crippen LogP contribution in [0.4, 0.5) is 0 Å². The van der Waals surface area contributed by atoms with E-state index in [2.05, 4.69) is 23.6 Å². The Morgan fingerprint density at radius 1 is 1.00 bits per heavy atom. The van der Waals surface area contributed by atoms with E-state index >= 15 is 0 Å². The summed E-state index contributed by atoms with van der Waals surface area (Å²) in [7, 11) is 0. The summed E-state index contributed by atoms with van der Waals surface area (Å²) in [4.78, 5) is 0. The largest absolute Gasteiger partial charge is 0.271 e. The van der Waals surface area contributed by atoms with E-state index in [-0.39, 0.29) is 6.04 Å². The number of hydrogen-bond acceptors (Lipinski definition) is 2. The zero-order valence-corrected chi connectivity index (χ0v) is 13.2. The van der Waals surface area contributed by atoms with Gasteiger partial charge in [-0.15, -0.1) is 0 Å². The van der Waals surface area contributed by atoms with Crippen molar-refractivity contribution in [1.82, 2.24) is 5.43 Å². The van der Waals surface area contributed by atoms with E-state index in [0.717, 1.165) is 5.56 Å². The second kappa shape index (κ2) is 6.37. The van der Waals surface area contributed by atoms with Crippen LogP contribution in [0.3, 0.4) is 0 Å². The van der Waals surface area contributed by atoms with E-state index in [4.69, 9.17) is 29.0 Å². The topological polar surface area (TPSA) is 38.0 Å². The maximum atomic E-state index is 6.37. The van der Waals surface area contributed by atoms with Gasteiger partial charge in [-0.2, -0.15) is 0 Å². The standard InChI is InChI=1S/C17H18Cl2N2/c18-15-10-4-9-14(16(15)19)17(21-20)13-8-2-1-7-12(13)11-5-3-6-11/h1-2,4,7-11,17,21H,3,5-6,20H2. The van der Waals surface area contributed by atoms with Crippen LogP contribution in [-0.4, -0.2) is 0 Å². The van der Waals surface area contributed by atoms with Gasteiger partial charge in [-0.3, -0.25) is 5.84 Å². The first-order valence-corrected chi connectivity index (χ1v) is 7.97. The minimum atomic E-state index is -0.145. The highest BCUT2D eigenvalue weighted by Crippen LogP contribution is 2.41. The molecule has 1 aliphatic rings. The molecule has 0 heterocycles. The molecule has 1 saturated carbocycles. The van der Waals surface area contributed by atoms with Crippen LogP contribution in [0.15, 0.2) is 42.5 Å². The Hall–Kier alpha value is -1.06. The first kappa shape index (κ1) is 14.9. The van der Waals surface area contributed by atoms with Gasteiger partial charge in [0.05, 0.1) is 16.1 Å². The molecule has 2 aromatic carbocycles. The molecule has 110 valence electrons. The third-order valence-electron chi connectivity index (χ3n) is 4.31. The number of halogens is 2. The Labute approximate surface area is 135 Å². The van der Waals surface area contributed by atoms with Gasteiger partial charge in [0.15, 0.2) is 0 Å². The number of hydrazine groups is 1. The molecule has 1 atom stereocenters. The highest BCUT2D eigenvalue weighted by Gasteiger charge is 2.26. The lowest BCUT2D eigenvalue weighted by molar-refractivity contribution is 0.414. The number of rotatable bonds is 4. The van der Waals surface area contributed by atoms with Crippen molar-refractivity contribution in [3.05, 3.63) is 69.2 Å². The van der Waals surface area contributed by atoms with Gasteiger partial charge in [0.25, 0.3) is 0 Å². The third kappa shape index (κ3) is 2.82. The van der Waals surface area contributed by atoms with Gasteiger partial charge < -0.3 is 0 Å². The van der Waals surface area contributed by atoms with Crippen molar-refractivity contribution < 1.29 is 0 Å². The highest BCUT2D eigenvalue weighted by atomic mass is 35.5. The van der Waals surface area contributed by atoms with E-state index in [1.54, 1.807) is 6.07 Å². The van der Waals surface area contributed by atoms with Gasteiger partial charge in [-0.05, 0) is 41.5 Å². The van der Waals surface area contributed by atoms with Crippen LogP contribution in [0.1, 0.15) is 47.9 Å². The quantitative estimate of drug-likeness (QED) is 0.626. The average Bonchev–Trinajstić information content (AvgIpc) is 2.44. The molecule has 1 aliphatic carbocycles. The Balaban J connectivity index is 2.06. The molecule has 0 bridgehead atoms. The molecule has 3 N–H and O–H groups in total. The monoisotopic (exact) mass is 320 g/mol. The molecule has 0 radical (unpaired) electrons. The van der Waals surface area contributed by atoms with Crippen LogP contribution >= 0.6 is 23.2 Å². The lowest BCUT2D eigenvalue weighted by Crippen LogP contribution is -2.30. The summed E-state index contributed by atoms with van der Waals surface area (Å²) in [6.45, 7) is 0. The Morgan fingerprint density at radius 3 is 2.38 bits per heavy atom. The molecule has 2 aromatic rings. The first-order chi connectivity index (χ1) is 10.2. The van der Waals surface area contributed by atoms with Crippen LogP contribution in [0, 0.1) is 0 Å². The number of benzene rings is 2. The molecule has 4 heteroatoms. The first-order valence-electron chi connectivity index (χ1n) is 7.21. The Kier molecular flexibility index (Phi) is 4.51. The molecule has 0 spiro atoms. The van der Waals surface area contributed by atoms with Crippen LogP contribution in [0.5, 0.6) is 0 Å². The van der Waals surface area contributed by atoms with E-state index in [9.17, 15) is 0 Å². The fourth-order valence-corrected chi connectivity index (χ4v) is 3.37. The lowest BCUT2D eigenvalue weighted by Gasteiger charge is -2.30. The predicted octanol–water partition coefficient (Wildman–Crippen LogP) is 4.81. The Bertz CT molecular complexity index is 638. The van der Waals surface area contributed by atoms with E-state index < -0.39 is 0 Å². The summed E-state index contributed by atoms with van der Waals surface area (Å²) >= 11 is 12.5. The van der Waals surface area contributed by atoms with Gasteiger partial charge in [0.1, 0.15) is 0 Å². The van der Waals surface area contributed by atoms with Crippen LogP contribution in [0.2, 0.25) is 10.0 Å². The zero-order valence-electron chi connectivity index (χ0n) is 11.7. The Morgan fingerprint density at radius 2 is 1.71 bits per heavy atom. The summed E-state index contributed by atoms with van der Waals surface area (Å²) < 4.78 is 0. The summed E-state index contributed by atoms with van der Waals surface area (Å²) in [5.74, 6) is 6.47. The van der Waals surface area contributed by atoms with Gasteiger partial charge in [-0.25, -0.2) is 5.43 Å². The van der Waals surface area contributed by atoms with Gasteiger partial charge in [0.2, 0.25) is 0 Å². The van der Waals surface area contributed by atoms with Crippen LogP contribution < -0.4 is 11.3 Å². The molecular formula is C17H18Cl2N2. The normalized spacial score (nSPS) is 16.5. The fourth-order valence-electron chi connectivity index (χ4n) is 2.96. The second-order valence-corrected chi connectivity index (χ2v) is 6.28. The molecule has 2 nitrogen and oxygen atoms in total. The van der Waals surface area contributed by atoms with Crippen molar-refractivity contribution in [1.29, 1.82) is 0 Å². The maximum absolute atomic E-state index is 6.37. The predicted molar refractivity (Wildman–Crippen MR) is 88.7 cm³/mol. The molecule has 0 aromatic heterocycles. The molecule has 1 unspecified atom stereocenters. The summed E-state index contributed by atoms with van der Waals surface area (Å²) in [6.07, 6.45) is 3.80. The van der Waals surface area contributed by atoms with Crippen molar-refractivity contribution in [2.45, 2.75) is 31.2 Å². The average molecular weight is 321 g/mol. The van der Waals surface area contributed by atoms with E-state index in [1.165, 1.54) is 30.4 Å². The molecule has 1 fully saturated rings. The summed E-state index contributed by atoms with van der Waals surface area (Å²) in [5.41, 5.74) is 6.37. The third-order valence-corrected chi connectivity index (χ3v) is 5.14. The SMILES string of the molecule is NNC(c1ccccc1C1CCC1)c1cccc(Cl)c1Cl. The highest BCUT2D eigenvalue weighted by molar-refractivity contribution is 6.42. The number of nitrogens with two attached hydrogens (primary N) is 1. The van der Waals surface area contributed by atoms with Crippen LogP contribution in [-0.2, 0) is 0 Å². The van der Waals surface area contributed by atoms with Gasteiger partial charge in [0, 0.05) is 0 Å². The number of hydrogen-bond donors (Lipinski definition) is 2. The van der Waals surface area contributed by atoms with Crippen molar-refractivity contribution >= 4 is 23.2 Å². The molecule has 21 heavy (non-hydrogen) atoms. The fraction of sp³-hybridized carbons (Fsp3) is 0.294. The number of nitrogens with one attached hydrogen (secondary N) is 1. The summed E-state index contributed by atoms with van der Waals surface area (Å²) in [6, 6.07) is 14.0. The van der Waals surface area contributed by atoms with Crippen molar-refractivity contribution in [2.75, 3.05) is 0 Å². The molecule has 0 aliphatic heterocycles. The summed E-state index contributed by atoms with van der Waals surface area (Å²) in [5, 5.41) is 1.11. The van der Waals surface area contributed by atoms with Crippen LogP contribution in [0.25, 0.3) is 0 Å². The van der Waals surface area contributed by atoms with E-state index in [0.29, 0.717) is 16.0 Å². The maximum Gasteiger partial charge on any atom is 0.0727 e. The van der Waals surface area contributed by atoms with Gasteiger partial charge >= 0.3 is 0 Å². The van der Waals surface area contributed by atoms with E-state index in [1.807, 2.05) is 18.2 Å². The minimum Gasteiger partial charge on any atom is -0.271 e. The van der Waals surface area contributed by atoms with Crippen molar-refractivity contribution in [3.63, 3.8) is 0 Å². The molecule has 3 rings (SSSR count).